The zero-order valence-corrected chi connectivity index (χ0v) is 15.3. The van der Waals surface area contributed by atoms with Crippen LogP contribution in [-0.2, 0) is 16.0 Å². The maximum atomic E-state index is 12.3. The van der Waals surface area contributed by atoms with Crippen molar-refractivity contribution in [3.63, 3.8) is 0 Å². The van der Waals surface area contributed by atoms with Gasteiger partial charge in [-0.1, -0.05) is 18.2 Å². The quantitative estimate of drug-likeness (QED) is 0.708. The van der Waals surface area contributed by atoms with E-state index in [0.717, 1.165) is 22.5 Å². The molecule has 0 spiro atoms. The summed E-state index contributed by atoms with van der Waals surface area (Å²) in [5.41, 5.74) is 3.68. The highest BCUT2D eigenvalue weighted by atomic mass is 32.1. The number of thiazole rings is 1. The Balaban J connectivity index is 1.33. The van der Waals surface area contributed by atoms with Gasteiger partial charge in [-0.3, -0.25) is 14.6 Å². The maximum absolute atomic E-state index is 12.3. The molecule has 6 nitrogen and oxygen atoms in total. The Labute approximate surface area is 160 Å². The molecule has 3 heterocycles. The van der Waals surface area contributed by atoms with Gasteiger partial charge in [0.2, 0.25) is 11.8 Å². The summed E-state index contributed by atoms with van der Waals surface area (Å²) in [6.45, 7) is 0. The van der Waals surface area contributed by atoms with Crippen molar-refractivity contribution in [3.8, 4) is 11.3 Å². The molecule has 2 N–H and O–H groups in total. The van der Waals surface area contributed by atoms with E-state index in [1.54, 1.807) is 12.4 Å². The topological polar surface area (TPSA) is 84.0 Å². The lowest BCUT2D eigenvalue weighted by molar-refractivity contribution is -0.121. The summed E-state index contributed by atoms with van der Waals surface area (Å²) in [6, 6.07) is 11.5. The van der Waals surface area contributed by atoms with Gasteiger partial charge < -0.3 is 10.6 Å². The third kappa shape index (κ3) is 4.03. The first-order valence-electron chi connectivity index (χ1n) is 8.73. The largest absolute Gasteiger partial charge is 0.326 e. The molecule has 0 saturated carbocycles. The molecular formula is C20H18N4O2S. The van der Waals surface area contributed by atoms with E-state index in [4.69, 9.17) is 0 Å². The summed E-state index contributed by atoms with van der Waals surface area (Å²) < 4.78 is 0. The van der Waals surface area contributed by atoms with Crippen molar-refractivity contribution in [2.45, 2.75) is 19.3 Å². The fraction of sp³-hybridized carbons (Fsp3) is 0.200. The molecule has 136 valence electrons. The number of benzene rings is 1. The second-order valence-electron chi connectivity index (χ2n) is 6.41. The summed E-state index contributed by atoms with van der Waals surface area (Å²) in [5.74, 6) is -0.337. The molecule has 0 saturated heterocycles. The molecule has 4 rings (SSSR count). The highest BCUT2D eigenvalue weighted by Crippen LogP contribution is 2.28. The zero-order chi connectivity index (χ0) is 18.6. The molecule has 0 aliphatic carbocycles. The molecular weight excluding hydrogens is 360 g/mol. The van der Waals surface area contributed by atoms with Gasteiger partial charge in [-0.05, 0) is 36.6 Å². The van der Waals surface area contributed by atoms with Crippen LogP contribution in [0.1, 0.15) is 18.4 Å². The van der Waals surface area contributed by atoms with Gasteiger partial charge in [-0.2, -0.15) is 0 Å². The summed E-state index contributed by atoms with van der Waals surface area (Å²) >= 11 is 1.38. The van der Waals surface area contributed by atoms with Crippen LogP contribution in [0.25, 0.3) is 11.3 Å². The van der Waals surface area contributed by atoms with E-state index >= 15 is 0 Å². The molecule has 1 unspecified atom stereocenters. The van der Waals surface area contributed by atoms with Crippen LogP contribution in [0.3, 0.4) is 0 Å². The van der Waals surface area contributed by atoms with Crippen LogP contribution in [0.15, 0.2) is 54.2 Å². The van der Waals surface area contributed by atoms with E-state index in [-0.39, 0.29) is 24.2 Å². The monoisotopic (exact) mass is 378 g/mol. The lowest BCUT2D eigenvalue weighted by atomic mass is 9.89. The van der Waals surface area contributed by atoms with Crippen LogP contribution in [0.5, 0.6) is 0 Å². The van der Waals surface area contributed by atoms with E-state index in [0.29, 0.717) is 18.0 Å². The van der Waals surface area contributed by atoms with E-state index in [9.17, 15) is 9.59 Å². The molecule has 2 amide bonds. The first-order chi connectivity index (χ1) is 13.2. The fourth-order valence-electron chi connectivity index (χ4n) is 3.11. The molecule has 0 radical (unpaired) electrons. The van der Waals surface area contributed by atoms with Gasteiger partial charge in [0.1, 0.15) is 0 Å². The second-order valence-corrected chi connectivity index (χ2v) is 7.27. The number of fused-ring (bicyclic) bond motifs is 1. The number of aromatic nitrogens is 2. The molecule has 0 fully saturated rings. The average molecular weight is 378 g/mol. The highest BCUT2D eigenvalue weighted by molar-refractivity contribution is 7.14. The number of nitrogens with one attached hydrogen (secondary N) is 2. The third-order valence-electron chi connectivity index (χ3n) is 4.54. The van der Waals surface area contributed by atoms with Crippen LogP contribution < -0.4 is 10.6 Å². The van der Waals surface area contributed by atoms with Crippen LogP contribution in [0.2, 0.25) is 0 Å². The number of carbonyl (C=O) groups excluding carboxylic acids is 2. The van der Waals surface area contributed by atoms with E-state index in [2.05, 4.69) is 20.6 Å². The number of amides is 2. The normalized spacial score (nSPS) is 15.7. The number of hydrogen-bond donors (Lipinski definition) is 2. The Hall–Kier alpha value is -3.06. The Morgan fingerprint density at radius 1 is 1.26 bits per heavy atom. The molecule has 1 aliphatic heterocycles. The van der Waals surface area contributed by atoms with Crippen LogP contribution in [0, 0.1) is 5.92 Å². The third-order valence-corrected chi connectivity index (χ3v) is 5.30. The molecule has 1 aromatic carbocycles. The Bertz CT molecular complexity index is 971. The molecule has 3 aromatic rings. The number of carbonyl (C=O) groups is 2. The van der Waals surface area contributed by atoms with Crippen LogP contribution in [0.4, 0.5) is 10.8 Å². The van der Waals surface area contributed by atoms with Crippen LogP contribution in [-0.4, -0.2) is 21.8 Å². The van der Waals surface area contributed by atoms with E-state index < -0.39 is 0 Å². The number of anilines is 2. The minimum Gasteiger partial charge on any atom is -0.326 e. The average Bonchev–Trinajstić information content (AvgIpc) is 3.15. The second kappa shape index (κ2) is 7.67. The van der Waals surface area contributed by atoms with Gasteiger partial charge >= 0.3 is 0 Å². The van der Waals surface area contributed by atoms with Crippen molar-refractivity contribution >= 4 is 34.0 Å². The lowest BCUT2D eigenvalue weighted by Gasteiger charge is -2.24. The van der Waals surface area contributed by atoms with E-state index in [1.165, 1.54) is 11.3 Å². The Morgan fingerprint density at radius 2 is 2.15 bits per heavy atom. The van der Waals surface area contributed by atoms with Crippen molar-refractivity contribution in [2.24, 2.45) is 5.92 Å². The van der Waals surface area contributed by atoms with Crippen LogP contribution >= 0.6 is 11.3 Å². The molecule has 1 aliphatic rings. The SMILES string of the molecule is O=C(CCC1Cc2ccccc2NC1=O)Nc1nc(-c2cccnc2)cs1. The lowest BCUT2D eigenvalue weighted by Crippen LogP contribution is -2.30. The van der Waals surface area contributed by atoms with Gasteiger partial charge in [-0.25, -0.2) is 4.98 Å². The van der Waals surface area contributed by atoms with Gasteiger partial charge in [0.05, 0.1) is 5.69 Å². The number of hydrogen-bond acceptors (Lipinski definition) is 5. The van der Waals surface area contributed by atoms with Gasteiger partial charge in [-0.15, -0.1) is 11.3 Å². The van der Waals surface area contributed by atoms with E-state index in [1.807, 2.05) is 41.8 Å². The number of pyridine rings is 1. The molecule has 2 aromatic heterocycles. The number of nitrogens with zero attached hydrogens (tertiary/aromatic N) is 2. The number of rotatable bonds is 5. The first-order valence-corrected chi connectivity index (χ1v) is 9.61. The smallest absolute Gasteiger partial charge is 0.227 e. The summed E-state index contributed by atoms with van der Waals surface area (Å²) in [5, 5.41) is 8.18. The minimum atomic E-state index is -0.187. The highest BCUT2D eigenvalue weighted by Gasteiger charge is 2.26. The number of para-hydroxylation sites is 1. The predicted octanol–water partition coefficient (Wildman–Crippen LogP) is 3.73. The fourth-order valence-corrected chi connectivity index (χ4v) is 3.85. The molecule has 7 heteroatoms. The van der Waals surface area contributed by atoms with Gasteiger partial charge in [0.15, 0.2) is 5.13 Å². The summed E-state index contributed by atoms with van der Waals surface area (Å²) in [4.78, 5) is 33.0. The molecule has 27 heavy (non-hydrogen) atoms. The molecule has 1 atom stereocenters. The van der Waals surface area contributed by atoms with Crippen molar-refractivity contribution in [1.29, 1.82) is 0 Å². The van der Waals surface area contributed by atoms with Crippen molar-refractivity contribution in [1.82, 2.24) is 9.97 Å². The molecule has 0 bridgehead atoms. The zero-order valence-electron chi connectivity index (χ0n) is 14.5. The van der Waals surface area contributed by atoms with Crippen molar-refractivity contribution in [3.05, 3.63) is 59.7 Å². The van der Waals surface area contributed by atoms with Crippen molar-refractivity contribution in [2.75, 3.05) is 10.6 Å². The van der Waals surface area contributed by atoms with Gasteiger partial charge in [0.25, 0.3) is 0 Å². The van der Waals surface area contributed by atoms with Gasteiger partial charge in [0, 0.05) is 41.4 Å². The minimum absolute atomic E-state index is 0.0189. The first kappa shape index (κ1) is 17.4. The standard InChI is InChI=1S/C20H18N4O2S/c25-18(24-20-23-17(12-27-20)15-5-3-9-21-11-15)8-7-14-10-13-4-1-2-6-16(13)22-19(14)26/h1-6,9,11-12,14H,7-8,10H2,(H,22,26)(H,23,24,25). The summed E-state index contributed by atoms with van der Waals surface area (Å²) in [6.07, 6.45) is 4.89. The maximum Gasteiger partial charge on any atom is 0.227 e. The van der Waals surface area contributed by atoms with Crippen molar-refractivity contribution < 1.29 is 9.59 Å². The Kier molecular flexibility index (Phi) is 4.93. The Morgan fingerprint density at radius 3 is 3.00 bits per heavy atom. The summed E-state index contributed by atoms with van der Waals surface area (Å²) in [7, 11) is 0. The predicted molar refractivity (Wildman–Crippen MR) is 105 cm³/mol.